The SMILES string of the molecule is CC1CCCC(CN)N1C1CCN(C)C1=O. The molecule has 2 heterocycles. The second kappa shape index (κ2) is 4.72. The van der Waals surface area contributed by atoms with Crippen molar-refractivity contribution in [2.75, 3.05) is 20.1 Å². The van der Waals surface area contributed by atoms with Gasteiger partial charge in [0, 0.05) is 32.2 Å². The molecule has 0 aromatic carbocycles. The van der Waals surface area contributed by atoms with E-state index in [0.717, 1.165) is 19.4 Å². The van der Waals surface area contributed by atoms with E-state index in [-0.39, 0.29) is 11.9 Å². The van der Waals surface area contributed by atoms with Crippen molar-refractivity contribution < 1.29 is 4.79 Å². The van der Waals surface area contributed by atoms with Gasteiger partial charge in [0.2, 0.25) is 5.91 Å². The molecule has 2 N–H and O–H groups in total. The van der Waals surface area contributed by atoms with Crippen LogP contribution >= 0.6 is 0 Å². The second-order valence-electron chi connectivity index (χ2n) is 5.18. The molecule has 2 fully saturated rings. The van der Waals surface area contributed by atoms with Gasteiger partial charge in [0.05, 0.1) is 6.04 Å². The van der Waals surface area contributed by atoms with Gasteiger partial charge >= 0.3 is 0 Å². The summed E-state index contributed by atoms with van der Waals surface area (Å²) in [4.78, 5) is 16.3. The maximum atomic E-state index is 12.1. The topological polar surface area (TPSA) is 49.6 Å². The lowest BCUT2D eigenvalue weighted by molar-refractivity contribution is -0.133. The van der Waals surface area contributed by atoms with Gasteiger partial charge in [-0.2, -0.15) is 0 Å². The van der Waals surface area contributed by atoms with Crippen LogP contribution in [0.15, 0.2) is 0 Å². The monoisotopic (exact) mass is 225 g/mol. The van der Waals surface area contributed by atoms with Crippen molar-refractivity contribution in [2.24, 2.45) is 5.73 Å². The first-order chi connectivity index (χ1) is 7.65. The minimum atomic E-state index is 0.0915. The molecule has 0 aliphatic carbocycles. The fraction of sp³-hybridized carbons (Fsp3) is 0.917. The van der Waals surface area contributed by atoms with E-state index in [2.05, 4.69) is 11.8 Å². The molecule has 0 saturated carbocycles. The molecule has 2 saturated heterocycles. The zero-order valence-corrected chi connectivity index (χ0v) is 10.4. The van der Waals surface area contributed by atoms with Crippen LogP contribution < -0.4 is 5.73 Å². The summed E-state index contributed by atoms with van der Waals surface area (Å²) < 4.78 is 0. The minimum absolute atomic E-state index is 0.0915. The van der Waals surface area contributed by atoms with Crippen molar-refractivity contribution in [1.82, 2.24) is 9.80 Å². The van der Waals surface area contributed by atoms with Gasteiger partial charge in [0.15, 0.2) is 0 Å². The van der Waals surface area contributed by atoms with Crippen LogP contribution in [0.1, 0.15) is 32.6 Å². The fourth-order valence-electron chi connectivity index (χ4n) is 3.19. The smallest absolute Gasteiger partial charge is 0.239 e. The zero-order valence-electron chi connectivity index (χ0n) is 10.4. The summed E-state index contributed by atoms with van der Waals surface area (Å²) in [6, 6.07) is 1.00. The van der Waals surface area contributed by atoms with E-state index >= 15 is 0 Å². The number of piperidine rings is 1. The largest absolute Gasteiger partial charge is 0.344 e. The lowest BCUT2D eigenvalue weighted by Gasteiger charge is -2.43. The Morgan fingerprint density at radius 1 is 1.38 bits per heavy atom. The maximum Gasteiger partial charge on any atom is 0.239 e. The van der Waals surface area contributed by atoms with E-state index in [1.165, 1.54) is 12.8 Å². The molecular formula is C12H23N3O. The Bertz CT molecular complexity index is 269. The molecule has 0 spiro atoms. The highest BCUT2D eigenvalue weighted by Gasteiger charge is 2.40. The maximum absolute atomic E-state index is 12.1. The van der Waals surface area contributed by atoms with Crippen LogP contribution in [-0.4, -0.2) is 54.0 Å². The molecule has 0 bridgehead atoms. The number of carbonyl (C=O) groups excluding carboxylic acids is 1. The van der Waals surface area contributed by atoms with Crippen molar-refractivity contribution in [3.05, 3.63) is 0 Å². The van der Waals surface area contributed by atoms with Crippen LogP contribution in [0.4, 0.5) is 0 Å². The number of nitrogens with two attached hydrogens (primary N) is 1. The first-order valence-electron chi connectivity index (χ1n) is 6.37. The molecule has 2 rings (SSSR count). The number of hydrogen-bond donors (Lipinski definition) is 1. The van der Waals surface area contributed by atoms with Crippen LogP contribution in [0.5, 0.6) is 0 Å². The molecule has 4 heteroatoms. The van der Waals surface area contributed by atoms with Crippen LogP contribution in [-0.2, 0) is 4.79 Å². The molecular weight excluding hydrogens is 202 g/mol. The second-order valence-corrected chi connectivity index (χ2v) is 5.18. The molecule has 3 atom stereocenters. The third kappa shape index (κ3) is 1.96. The quantitative estimate of drug-likeness (QED) is 0.741. The summed E-state index contributed by atoms with van der Waals surface area (Å²) in [5, 5.41) is 0. The Labute approximate surface area is 97.8 Å². The predicted octanol–water partition coefficient (Wildman–Crippen LogP) is 0.419. The van der Waals surface area contributed by atoms with E-state index in [1.54, 1.807) is 0 Å². The lowest BCUT2D eigenvalue weighted by atomic mass is 9.93. The zero-order chi connectivity index (χ0) is 11.7. The van der Waals surface area contributed by atoms with Gasteiger partial charge in [-0.25, -0.2) is 0 Å². The highest BCUT2D eigenvalue weighted by atomic mass is 16.2. The van der Waals surface area contributed by atoms with E-state index in [0.29, 0.717) is 18.6 Å². The average Bonchev–Trinajstić information content (AvgIpc) is 2.60. The minimum Gasteiger partial charge on any atom is -0.344 e. The van der Waals surface area contributed by atoms with Crippen LogP contribution in [0, 0.1) is 0 Å². The summed E-state index contributed by atoms with van der Waals surface area (Å²) in [7, 11) is 1.90. The lowest BCUT2D eigenvalue weighted by Crippen LogP contribution is -2.55. The molecule has 3 unspecified atom stereocenters. The van der Waals surface area contributed by atoms with Crippen molar-refractivity contribution in [2.45, 2.75) is 50.7 Å². The number of rotatable bonds is 2. The van der Waals surface area contributed by atoms with Gasteiger partial charge in [-0.3, -0.25) is 9.69 Å². The van der Waals surface area contributed by atoms with Crippen LogP contribution in [0.25, 0.3) is 0 Å². The van der Waals surface area contributed by atoms with E-state index in [1.807, 2.05) is 11.9 Å². The van der Waals surface area contributed by atoms with Gasteiger partial charge in [0.1, 0.15) is 0 Å². The number of carbonyl (C=O) groups is 1. The van der Waals surface area contributed by atoms with Crippen molar-refractivity contribution >= 4 is 5.91 Å². The number of nitrogens with zero attached hydrogens (tertiary/aromatic N) is 2. The Kier molecular flexibility index (Phi) is 3.50. The summed E-state index contributed by atoms with van der Waals surface area (Å²) in [5.41, 5.74) is 5.84. The highest BCUT2D eigenvalue weighted by molar-refractivity contribution is 5.83. The molecule has 2 aliphatic rings. The third-order valence-corrected chi connectivity index (χ3v) is 4.12. The number of amides is 1. The van der Waals surface area contributed by atoms with Gasteiger partial charge < -0.3 is 10.6 Å². The first kappa shape index (κ1) is 11.9. The average molecular weight is 225 g/mol. The molecule has 4 nitrogen and oxygen atoms in total. The standard InChI is InChI=1S/C12H23N3O/c1-9-4-3-5-10(8-13)15(9)11-6-7-14(2)12(11)16/h9-11H,3-8,13H2,1-2H3. The number of likely N-dealkylation sites (N-methyl/N-ethyl adjacent to an activating group) is 1. The van der Waals surface area contributed by atoms with Crippen molar-refractivity contribution in [3.63, 3.8) is 0 Å². The fourth-order valence-corrected chi connectivity index (χ4v) is 3.19. The third-order valence-electron chi connectivity index (χ3n) is 4.12. The predicted molar refractivity (Wildman–Crippen MR) is 64.0 cm³/mol. The van der Waals surface area contributed by atoms with Crippen molar-refractivity contribution in [3.8, 4) is 0 Å². The molecule has 1 amide bonds. The summed E-state index contributed by atoms with van der Waals surface area (Å²) in [6.07, 6.45) is 4.56. The van der Waals surface area contributed by atoms with Gasteiger partial charge in [-0.05, 0) is 26.2 Å². The molecule has 0 radical (unpaired) electrons. The molecule has 2 aliphatic heterocycles. The van der Waals surface area contributed by atoms with E-state index < -0.39 is 0 Å². The molecule has 0 aromatic rings. The van der Waals surface area contributed by atoms with Crippen molar-refractivity contribution in [1.29, 1.82) is 0 Å². The number of likely N-dealkylation sites (tertiary alicyclic amines) is 2. The Morgan fingerprint density at radius 3 is 2.69 bits per heavy atom. The first-order valence-corrected chi connectivity index (χ1v) is 6.37. The molecule has 16 heavy (non-hydrogen) atoms. The van der Waals surface area contributed by atoms with E-state index in [4.69, 9.17) is 5.73 Å². The molecule has 92 valence electrons. The normalized spacial score (nSPS) is 37.1. The molecule has 0 aromatic heterocycles. The van der Waals surface area contributed by atoms with Gasteiger partial charge in [-0.1, -0.05) is 6.42 Å². The van der Waals surface area contributed by atoms with E-state index in [9.17, 15) is 4.79 Å². The Balaban J connectivity index is 2.13. The van der Waals surface area contributed by atoms with Crippen LogP contribution in [0.3, 0.4) is 0 Å². The number of hydrogen-bond acceptors (Lipinski definition) is 3. The Hall–Kier alpha value is -0.610. The van der Waals surface area contributed by atoms with Crippen LogP contribution in [0.2, 0.25) is 0 Å². The highest BCUT2D eigenvalue weighted by Crippen LogP contribution is 2.28. The summed E-state index contributed by atoms with van der Waals surface area (Å²) >= 11 is 0. The van der Waals surface area contributed by atoms with Gasteiger partial charge in [-0.15, -0.1) is 0 Å². The Morgan fingerprint density at radius 2 is 2.12 bits per heavy atom. The van der Waals surface area contributed by atoms with Gasteiger partial charge in [0.25, 0.3) is 0 Å². The summed E-state index contributed by atoms with van der Waals surface area (Å²) in [5.74, 6) is 0.284. The summed E-state index contributed by atoms with van der Waals surface area (Å²) in [6.45, 7) is 3.80.